The van der Waals surface area contributed by atoms with E-state index in [0.717, 1.165) is 17.5 Å². The second kappa shape index (κ2) is 8.72. The number of halogens is 1. The fourth-order valence-electron chi connectivity index (χ4n) is 3.26. The van der Waals surface area contributed by atoms with Gasteiger partial charge in [-0.1, -0.05) is 19.1 Å². The molecule has 2 amide bonds. The first kappa shape index (κ1) is 20.3. The van der Waals surface area contributed by atoms with E-state index in [0.29, 0.717) is 12.2 Å². The molecule has 0 atom stereocenters. The predicted octanol–water partition coefficient (Wildman–Crippen LogP) is 3.34. The Morgan fingerprint density at radius 2 is 1.66 bits per heavy atom. The Kier molecular flexibility index (Phi) is 6.11. The Bertz CT molecular complexity index is 1120. The summed E-state index contributed by atoms with van der Waals surface area (Å²) < 4.78 is 17.3. The second-order valence-electron chi connectivity index (χ2n) is 6.75. The summed E-state index contributed by atoms with van der Waals surface area (Å²) in [7, 11) is 0. The molecule has 0 spiro atoms. The van der Waals surface area contributed by atoms with Gasteiger partial charge < -0.3 is 10.6 Å². The Morgan fingerprint density at radius 3 is 2.28 bits per heavy atom. The summed E-state index contributed by atoms with van der Waals surface area (Å²) in [6.45, 7) is 4.11. The fourth-order valence-corrected chi connectivity index (χ4v) is 3.26. The minimum absolute atomic E-state index is 0.00381. The van der Waals surface area contributed by atoms with E-state index in [2.05, 4.69) is 10.6 Å². The van der Waals surface area contributed by atoms with Crippen molar-refractivity contribution in [3.8, 4) is 0 Å². The molecule has 1 aromatic heterocycles. The smallest absolute Gasteiger partial charge is 0.326 e. The Balaban J connectivity index is 1.76. The number of anilines is 2. The molecule has 2 aromatic carbocycles. The molecule has 0 saturated carbocycles. The van der Waals surface area contributed by atoms with E-state index in [-0.39, 0.29) is 30.2 Å². The van der Waals surface area contributed by atoms with Crippen LogP contribution in [0.4, 0.5) is 15.8 Å². The van der Waals surface area contributed by atoms with Crippen molar-refractivity contribution in [2.75, 3.05) is 10.6 Å². The molecule has 0 saturated heterocycles. The number of benzene rings is 2. The minimum atomic E-state index is -0.607. The quantitative estimate of drug-likeness (QED) is 0.640. The number of carbonyl (C=O) groups is 2. The number of fused-ring (bicyclic) bond motifs is 1. The molecule has 0 bridgehead atoms. The number of aryl methyl sites for hydroxylation is 2. The van der Waals surface area contributed by atoms with Crippen LogP contribution in [0.25, 0.3) is 11.0 Å². The highest BCUT2D eigenvalue weighted by Gasteiger charge is 2.14. The Morgan fingerprint density at radius 1 is 1.00 bits per heavy atom. The third-order valence-corrected chi connectivity index (χ3v) is 4.50. The first-order chi connectivity index (χ1) is 13.9. The number of amides is 2. The number of para-hydroxylation sites is 2. The highest BCUT2D eigenvalue weighted by atomic mass is 19.1. The summed E-state index contributed by atoms with van der Waals surface area (Å²) in [5.41, 5.74) is 1.78. The third kappa shape index (κ3) is 4.53. The van der Waals surface area contributed by atoms with Gasteiger partial charge in [0.15, 0.2) is 0 Å². The lowest BCUT2D eigenvalue weighted by molar-refractivity contribution is -0.116. The maximum atomic E-state index is 14.0. The maximum absolute atomic E-state index is 14.0. The zero-order valence-corrected chi connectivity index (χ0v) is 16.4. The molecule has 0 aliphatic carbocycles. The first-order valence-electron chi connectivity index (χ1n) is 9.45. The minimum Gasteiger partial charge on any atom is -0.326 e. The number of nitrogens with one attached hydrogen (secondary N) is 2. The standard InChI is InChI=1S/C21H23FN4O3/c1-3-11-25-18-6-4-5-7-19(18)26(21(25)29)12-10-20(28)24-17-13-15(23-14(2)27)8-9-16(17)22/h4-9,13H,3,10-12H2,1-2H3,(H,23,27)(H,24,28). The molecule has 1 heterocycles. The van der Waals surface area contributed by atoms with E-state index in [4.69, 9.17) is 0 Å². The van der Waals surface area contributed by atoms with Crippen LogP contribution in [0.1, 0.15) is 26.7 Å². The number of carbonyl (C=O) groups excluding carboxylic acids is 2. The summed E-state index contributed by atoms with van der Waals surface area (Å²) in [6.07, 6.45) is 0.822. The second-order valence-corrected chi connectivity index (χ2v) is 6.75. The molecule has 3 aromatic rings. The van der Waals surface area contributed by atoms with Crippen LogP contribution in [-0.4, -0.2) is 20.9 Å². The van der Waals surface area contributed by atoms with Gasteiger partial charge in [0.25, 0.3) is 0 Å². The Labute approximate surface area is 167 Å². The normalized spacial score (nSPS) is 10.9. The van der Waals surface area contributed by atoms with E-state index in [9.17, 15) is 18.8 Å². The van der Waals surface area contributed by atoms with Crippen molar-refractivity contribution < 1.29 is 14.0 Å². The van der Waals surface area contributed by atoms with Gasteiger partial charge in [-0.2, -0.15) is 0 Å². The number of nitrogens with zero attached hydrogens (tertiary/aromatic N) is 2. The van der Waals surface area contributed by atoms with Crippen LogP contribution in [0, 0.1) is 5.82 Å². The summed E-state index contributed by atoms with van der Waals surface area (Å²) in [5, 5.41) is 5.05. The molecule has 0 fully saturated rings. The van der Waals surface area contributed by atoms with Crippen molar-refractivity contribution in [1.29, 1.82) is 0 Å². The lowest BCUT2D eigenvalue weighted by Crippen LogP contribution is -2.26. The zero-order valence-electron chi connectivity index (χ0n) is 16.4. The summed E-state index contributed by atoms with van der Waals surface area (Å²) in [5.74, 6) is -1.33. The van der Waals surface area contributed by atoms with E-state index < -0.39 is 11.7 Å². The highest BCUT2D eigenvalue weighted by Crippen LogP contribution is 2.20. The first-order valence-corrected chi connectivity index (χ1v) is 9.45. The molecule has 0 unspecified atom stereocenters. The largest absolute Gasteiger partial charge is 0.329 e. The summed E-state index contributed by atoms with van der Waals surface area (Å²) in [4.78, 5) is 36.3. The van der Waals surface area contributed by atoms with Crippen molar-refractivity contribution in [3.05, 3.63) is 58.8 Å². The average molecular weight is 398 g/mol. The number of hydrogen-bond acceptors (Lipinski definition) is 3. The maximum Gasteiger partial charge on any atom is 0.329 e. The van der Waals surface area contributed by atoms with Crippen molar-refractivity contribution in [3.63, 3.8) is 0 Å². The fraction of sp³-hybridized carbons (Fsp3) is 0.286. The van der Waals surface area contributed by atoms with Crippen LogP contribution in [0.2, 0.25) is 0 Å². The van der Waals surface area contributed by atoms with Gasteiger partial charge in [-0.3, -0.25) is 18.7 Å². The molecule has 0 aliphatic rings. The van der Waals surface area contributed by atoms with Gasteiger partial charge in [-0.25, -0.2) is 9.18 Å². The van der Waals surface area contributed by atoms with Gasteiger partial charge in [-0.05, 0) is 36.8 Å². The number of hydrogen-bond donors (Lipinski definition) is 2. The average Bonchev–Trinajstić information content (AvgIpc) is 2.94. The third-order valence-electron chi connectivity index (χ3n) is 4.50. The van der Waals surface area contributed by atoms with Crippen molar-refractivity contribution in [2.24, 2.45) is 0 Å². The molecule has 3 rings (SSSR count). The van der Waals surface area contributed by atoms with Crippen LogP contribution in [0.15, 0.2) is 47.3 Å². The van der Waals surface area contributed by atoms with Crippen LogP contribution in [-0.2, 0) is 22.7 Å². The monoisotopic (exact) mass is 398 g/mol. The van der Waals surface area contributed by atoms with Crippen LogP contribution < -0.4 is 16.3 Å². The van der Waals surface area contributed by atoms with Crippen LogP contribution in [0.3, 0.4) is 0 Å². The molecule has 2 N–H and O–H groups in total. The number of rotatable bonds is 7. The predicted molar refractivity (Wildman–Crippen MR) is 110 cm³/mol. The van der Waals surface area contributed by atoms with Crippen molar-refractivity contribution >= 4 is 34.2 Å². The van der Waals surface area contributed by atoms with Crippen LogP contribution in [0.5, 0.6) is 0 Å². The molecule has 0 radical (unpaired) electrons. The zero-order chi connectivity index (χ0) is 21.0. The lowest BCUT2D eigenvalue weighted by Gasteiger charge is -2.09. The van der Waals surface area contributed by atoms with Gasteiger partial charge in [0, 0.05) is 32.1 Å². The van der Waals surface area contributed by atoms with Gasteiger partial charge >= 0.3 is 5.69 Å². The van der Waals surface area contributed by atoms with E-state index >= 15 is 0 Å². The molecule has 152 valence electrons. The van der Waals surface area contributed by atoms with Gasteiger partial charge in [0.05, 0.1) is 16.7 Å². The van der Waals surface area contributed by atoms with E-state index in [1.165, 1.54) is 25.1 Å². The lowest BCUT2D eigenvalue weighted by atomic mass is 10.2. The highest BCUT2D eigenvalue weighted by molar-refractivity contribution is 5.93. The summed E-state index contributed by atoms with van der Waals surface area (Å²) >= 11 is 0. The molecule has 0 aliphatic heterocycles. The van der Waals surface area contributed by atoms with Gasteiger partial charge in [-0.15, -0.1) is 0 Å². The molecule has 7 nitrogen and oxygen atoms in total. The van der Waals surface area contributed by atoms with Gasteiger partial charge in [0.1, 0.15) is 5.82 Å². The van der Waals surface area contributed by atoms with E-state index in [1.807, 2.05) is 31.2 Å². The Hall–Kier alpha value is -3.42. The molecular formula is C21H23FN4O3. The topological polar surface area (TPSA) is 85.1 Å². The number of aromatic nitrogens is 2. The van der Waals surface area contributed by atoms with Crippen molar-refractivity contribution in [1.82, 2.24) is 9.13 Å². The van der Waals surface area contributed by atoms with Gasteiger partial charge in [0.2, 0.25) is 11.8 Å². The van der Waals surface area contributed by atoms with E-state index in [1.54, 1.807) is 9.13 Å². The SMILES string of the molecule is CCCn1c(=O)n(CCC(=O)Nc2cc(NC(C)=O)ccc2F)c2ccccc21. The number of imidazole rings is 1. The molecule has 29 heavy (non-hydrogen) atoms. The summed E-state index contributed by atoms with van der Waals surface area (Å²) in [6, 6.07) is 11.4. The van der Waals surface area contributed by atoms with Crippen molar-refractivity contribution in [2.45, 2.75) is 39.8 Å². The molecular weight excluding hydrogens is 375 g/mol. The molecule has 8 heteroatoms. The van der Waals surface area contributed by atoms with Crippen LogP contribution >= 0.6 is 0 Å².